The second kappa shape index (κ2) is 29.7. The van der Waals surface area contributed by atoms with Crippen molar-refractivity contribution in [3.63, 3.8) is 0 Å². The van der Waals surface area contributed by atoms with Crippen molar-refractivity contribution < 1.29 is 77.2 Å². The molecule has 75 heavy (non-hydrogen) atoms. The number of ketones is 3. The van der Waals surface area contributed by atoms with Gasteiger partial charge in [-0.15, -0.1) is 0 Å². The molecule has 16 atom stereocenters. The largest absolute Gasteiger partial charge is 0.481 e. The van der Waals surface area contributed by atoms with Gasteiger partial charge in [0.25, 0.3) is 11.7 Å². The fourth-order valence-corrected chi connectivity index (χ4v) is 11.3. The van der Waals surface area contributed by atoms with Crippen molar-refractivity contribution in [1.82, 2.24) is 4.90 Å². The number of rotatable bonds is 13. The topological polar surface area (TPSA) is 231 Å². The third-order valence-corrected chi connectivity index (χ3v) is 16.3. The maximum absolute atomic E-state index is 14.6. The van der Waals surface area contributed by atoms with Gasteiger partial charge in [-0.3, -0.25) is 24.0 Å². The van der Waals surface area contributed by atoms with E-state index in [-0.39, 0.29) is 79.9 Å². The van der Waals surface area contributed by atoms with Crippen LogP contribution in [0.25, 0.3) is 0 Å². The molecular formula is C58H89NO16. The van der Waals surface area contributed by atoms with Gasteiger partial charge in [0.1, 0.15) is 30.1 Å². The highest BCUT2D eigenvalue weighted by Crippen LogP contribution is 2.38. The SMILES string of the molecule is COC1CC(CC(C)C2CC(=O)C(C)/C=C(\C)C(O)C(OC)C(=O)C(C)CC(C)/C=C/C=C/C=C(\C)C(OCC3CCO3)CC3CCC(C)C(O)(O3)C(=O)C(=O)N3CCCCC3C(=O)O2)CCC1OCCCC(=O)O. The van der Waals surface area contributed by atoms with Crippen LogP contribution in [0.4, 0.5) is 0 Å². The quantitative estimate of drug-likeness (QED) is 0.0715. The lowest BCUT2D eigenvalue weighted by molar-refractivity contribution is -0.266. The lowest BCUT2D eigenvalue weighted by Gasteiger charge is -2.43. The van der Waals surface area contributed by atoms with Crippen LogP contribution in [0.1, 0.15) is 145 Å². The van der Waals surface area contributed by atoms with Crippen LogP contribution >= 0.6 is 0 Å². The summed E-state index contributed by atoms with van der Waals surface area (Å²) >= 11 is 0. The number of aliphatic hydroxyl groups excluding tert-OH is 1. The molecule has 5 rings (SSSR count). The maximum Gasteiger partial charge on any atom is 0.329 e. The van der Waals surface area contributed by atoms with Gasteiger partial charge in [-0.05, 0) is 120 Å². The van der Waals surface area contributed by atoms with E-state index in [0.29, 0.717) is 83.2 Å². The average Bonchev–Trinajstić information content (AvgIpc) is 3.36. The average molecular weight is 1060 g/mol. The fourth-order valence-electron chi connectivity index (χ4n) is 11.3. The second-order valence-electron chi connectivity index (χ2n) is 22.3. The van der Waals surface area contributed by atoms with Gasteiger partial charge in [0, 0.05) is 71.0 Å². The number of aliphatic hydroxyl groups is 2. The number of Topliss-reactive ketones (excluding diaryl/α,β-unsaturated/α-hetero) is 3. The minimum Gasteiger partial charge on any atom is -0.481 e. The van der Waals surface area contributed by atoms with Crippen molar-refractivity contribution in [2.75, 3.05) is 40.6 Å². The molecule has 3 N–H and O–H groups in total. The molecule has 4 aliphatic heterocycles. The Labute approximate surface area is 445 Å². The Kier molecular flexibility index (Phi) is 24.5. The van der Waals surface area contributed by atoms with Crippen LogP contribution in [0, 0.1) is 35.5 Å². The summed E-state index contributed by atoms with van der Waals surface area (Å²) in [6.07, 6.45) is 12.7. The van der Waals surface area contributed by atoms with E-state index in [1.54, 1.807) is 34.0 Å². The Bertz CT molecular complexity index is 2050. The summed E-state index contributed by atoms with van der Waals surface area (Å²) in [6.45, 7) is 14.0. The van der Waals surface area contributed by atoms with E-state index < -0.39 is 83.7 Å². The molecule has 16 unspecified atom stereocenters. The highest BCUT2D eigenvalue weighted by molar-refractivity contribution is 6.39. The normalized spacial score (nSPS) is 38.4. The van der Waals surface area contributed by atoms with Crippen LogP contribution in [0.15, 0.2) is 47.6 Å². The van der Waals surface area contributed by atoms with Crippen LogP contribution in [-0.2, 0) is 61.9 Å². The summed E-state index contributed by atoms with van der Waals surface area (Å²) in [6, 6.07) is -1.17. The number of nitrogens with zero attached hydrogens (tertiary/aromatic N) is 1. The molecule has 2 bridgehead atoms. The number of methoxy groups -OCH3 is 2. The number of ether oxygens (including phenoxy) is 7. The summed E-state index contributed by atoms with van der Waals surface area (Å²) in [5.74, 6) is -9.14. The number of carboxylic acids is 1. The molecule has 422 valence electrons. The van der Waals surface area contributed by atoms with Gasteiger partial charge in [0.15, 0.2) is 5.78 Å². The predicted molar refractivity (Wildman–Crippen MR) is 279 cm³/mol. The van der Waals surface area contributed by atoms with Gasteiger partial charge in [0.05, 0.1) is 37.1 Å². The van der Waals surface area contributed by atoms with E-state index in [1.807, 2.05) is 58.1 Å². The van der Waals surface area contributed by atoms with Crippen molar-refractivity contribution in [1.29, 1.82) is 0 Å². The van der Waals surface area contributed by atoms with Crippen molar-refractivity contribution >= 4 is 35.2 Å². The van der Waals surface area contributed by atoms with E-state index in [9.17, 15) is 39.0 Å². The third kappa shape index (κ3) is 17.5. The van der Waals surface area contributed by atoms with E-state index in [2.05, 4.69) is 0 Å². The predicted octanol–water partition coefficient (Wildman–Crippen LogP) is 7.23. The fraction of sp³-hybridized carbons (Fsp3) is 0.759. The van der Waals surface area contributed by atoms with Gasteiger partial charge in [-0.25, -0.2) is 4.79 Å². The minimum absolute atomic E-state index is 0.00552. The number of piperidine rings is 1. The molecular weight excluding hydrogens is 967 g/mol. The highest BCUT2D eigenvalue weighted by atomic mass is 16.6. The Morgan fingerprint density at radius 1 is 0.880 bits per heavy atom. The lowest BCUT2D eigenvalue weighted by Crippen LogP contribution is -2.61. The smallest absolute Gasteiger partial charge is 0.329 e. The molecule has 1 amide bonds. The first kappa shape index (κ1) is 61.9. The summed E-state index contributed by atoms with van der Waals surface area (Å²) in [7, 11) is 2.99. The van der Waals surface area contributed by atoms with Gasteiger partial charge >= 0.3 is 11.9 Å². The van der Waals surface area contributed by atoms with Crippen molar-refractivity contribution in [2.24, 2.45) is 35.5 Å². The number of carboxylic acid groups (broad SMARTS) is 1. The van der Waals surface area contributed by atoms with E-state index >= 15 is 0 Å². The van der Waals surface area contributed by atoms with E-state index in [4.69, 9.17) is 38.3 Å². The Morgan fingerprint density at radius 3 is 2.31 bits per heavy atom. The number of aliphatic carboxylic acids is 1. The molecule has 5 aliphatic rings. The van der Waals surface area contributed by atoms with Gasteiger partial charge in [-0.2, -0.15) is 0 Å². The highest BCUT2D eigenvalue weighted by Gasteiger charge is 2.53. The second-order valence-corrected chi connectivity index (χ2v) is 22.3. The van der Waals surface area contributed by atoms with E-state index in [1.165, 1.54) is 12.0 Å². The summed E-state index contributed by atoms with van der Waals surface area (Å²) < 4.78 is 42.2. The molecule has 0 aromatic rings. The number of carbonyl (C=O) groups excluding carboxylic acids is 5. The number of allylic oxidation sites excluding steroid dienone is 6. The summed E-state index contributed by atoms with van der Waals surface area (Å²) in [5.41, 5.74) is 1.25. The molecule has 4 fully saturated rings. The molecule has 0 aromatic heterocycles. The van der Waals surface area contributed by atoms with Gasteiger partial charge < -0.3 is 53.4 Å². The molecule has 0 aromatic carbocycles. The zero-order valence-electron chi connectivity index (χ0n) is 46.2. The Balaban J connectivity index is 1.45. The molecule has 4 heterocycles. The van der Waals surface area contributed by atoms with Crippen LogP contribution in [0.2, 0.25) is 0 Å². The molecule has 17 nitrogen and oxygen atoms in total. The number of cyclic esters (lactones) is 1. The van der Waals surface area contributed by atoms with Crippen LogP contribution in [0.3, 0.4) is 0 Å². The number of esters is 1. The molecule has 1 aliphatic carbocycles. The van der Waals surface area contributed by atoms with Crippen molar-refractivity contribution in [3.05, 3.63) is 47.6 Å². The molecule has 1 saturated carbocycles. The maximum atomic E-state index is 14.6. The molecule has 3 saturated heterocycles. The van der Waals surface area contributed by atoms with Crippen molar-refractivity contribution in [2.45, 2.75) is 205 Å². The zero-order valence-corrected chi connectivity index (χ0v) is 46.2. The number of carbonyl (C=O) groups is 6. The summed E-state index contributed by atoms with van der Waals surface area (Å²) in [4.78, 5) is 83.9. The number of fused-ring (bicyclic) bond motifs is 3. The first-order valence-corrected chi connectivity index (χ1v) is 27.7. The van der Waals surface area contributed by atoms with Crippen molar-refractivity contribution in [3.8, 4) is 0 Å². The third-order valence-electron chi connectivity index (χ3n) is 16.3. The van der Waals surface area contributed by atoms with E-state index in [0.717, 1.165) is 18.4 Å². The molecule has 0 radical (unpaired) electrons. The van der Waals surface area contributed by atoms with Crippen LogP contribution in [0.5, 0.6) is 0 Å². The number of hydrogen-bond donors (Lipinski definition) is 3. The Hall–Kier alpha value is -3.94. The number of amides is 1. The van der Waals surface area contributed by atoms with Crippen LogP contribution < -0.4 is 0 Å². The van der Waals surface area contributed by atoms with Gasteiger partial charge in [-0.1, -0.05) is 71.1 Å². The van der Waals surface area contributed by atoms with Gasteiger partial charge in [0.2, 0.25) is 5.79 Å². The Morgan fingerprint density at radius 2 is 1.63 bits per heavy atom. The summed E-state index contributed by atoms with van der Waals surface area (Å²) in [5, 5.41) is 32.8. The lowest BCUT2D eigenvalue weighted by atomic mass is 9.78. The monoisotopic (exact) mass is 1060 g/mol. The van der Waals surface area contributed by atoms with Crippen LogP contribution in [-0.4, -0.2) is 157 Å². The first-order chi connectivity index (χ1) is 35.7. The molecule has 17 heteroatoms. The zero-order chi connectivity index (χ0) is 55.0. The standard InChI is InChI=1S/C58H89NO16/c1-35-16-11-10-12-17-36(2)48(73-34-44-24-27-71-44)32-43-22-20-41(7)58(68,75-43)55(65)56(66)59-25-14-13-18-45(59)57(67)74-49(33-46(60)37(3)29-40(6)53(64)54(70-9)52(63)39(5)28-35)38(4)30-42-21-23-47(50(31-42)69-8)72-26-15-19-51(61)62/h10-12,16-17,29,35,37-39,41-45,47-50,53-54,64,68H,13-15,18-28,30-34H2,1-9H3,(H,61,62)/b12-10+,16-11+,36-17+,40-29+. The number of hydrogen-bond acceptors (Lipinski definition) is 15. The first-order valence-electron chi connectivity index (χ1n) is 27.7. The minimum atomic E-state index is -2.47. The molecule has 0 spiro atoms.